The third-order valence-electron chi connectivity index (χ3n) is 2.65. The Morgan fingerprint density at radius 1 is 1.62 bits per heavy atom. The van der Waals surface area contributed by atoms with Gasteiger partial charge >= 0.3 is 0 Å². The van der Waals surface area contributed by atoms with Crippen LogP contribution < -0.4 is 0 Å². The molecule has 0 aliphatic carbocycles. The highest BCUT2D eigenvalue weighted by Crippen LogP contribution is 2.33. The predicted octanol–water partition coefficient (Wildman–Crippen LogP) is 3.97. The summed E-state index contributed by atoms with van der Waals surface area (Å²) < 4.78 is 1.90. The van der Waals surface area contributed by atoms with Gasteiger partial charge in [0, 0.05) is 23.4 Å². The first kappa shape index (κ1) is 12.9. The van der Waals surface area contributed by atoms with Crippen LogP contribution in [0.25, 0.3) is 0 Å². The van der Waals surface area contributed by atoms with Crippen LogP contribution in [0.1, 0.15) is 16.1 Å². The first-order chi connectivity index (χ1) is 7.61. The number of nitrogens with zero attached hydrogens (tertiary/aromatic N) is 1. The van der Waals surface area contributed by atoms with Gasteiger partial charge in [-0.15, -0.1) is 22.9 Å². The molecule has 0 spiro atoms. The van der Waals surface area contributed by atoms with E-state index in [2.05, 4.69) is 31.9 Å². The average molecular weight is 388 g/mol. The topological polar surface area (TPSA) is 20.3 Å². The monoisotopic (exact) mass is 385 g/mol. The summed E-state index contributed by atoms with van der Waals surface area (Å²) >= 11 is 14.1. The number of carbonyl (C=O) groups excluding carboxylic acids is 1. The fourth-order valence-electron chi connectivity index (χ4n) is 1.75. The highest BCUT2D eigenvalue weighted by molar-refractivity contribution is 9.13. The van der Waals surface area contributed by atoms with Crippen molar-refractivity contribution in [3.8, 4) is 0 Å². The summed E-state index contributed by atoms with van der Waals surface area (Å²) in [6, 6.07) is 1.87. The van der Waals surface area contributed by atoms with Gasteiger partial charge in [0.1, 0.15) is 0 Å². The average Bonchev–Trinajstić information content (AvgIpc) is 2.86. The molecule has 1 aromatic rings. The van der Waals surface area contributed by atoms with Gasteiger partial charge < -0.3 is 4.90 Å². The van der Waals surface area contributed by atoms with Gasteiger partial charge in [-0.25, -0.2) is 0 Å². The predicted molar refractivity (Wildman–Crippen MR) is 74.4 cm³/mol. The third kappa shape index (κ3) is 2.63. The molecule has 88 valence electrons. The molecule has 0 N–H and O–H groups in total. The van der Waals surface area contributed by atoms with Crippen LogP contribution in [0, 0.1) is 5.92 Å². The first-order valence-corrected chi connectivity index (χ1v) is 7.85. The maximum Gasteiger partial charge on any atom is 0.264 e. The van der Waals surface area contributed by atoms with Crippen LogP contribution >= 0.6 is 54.8 Å². The third-order valence-corrected chi connectivity index (χ3v) is 6.33. The lowest BCUT2D eigenvalue weighted by Gasteiger charge is -2.14. The molecule has 0 saturated carbocycles. The number of amides is 1. The normalized spacial score (nSPS) is 20.4. The van der Waals surface area contributed by atoms with Crippen LogP contribution in [0.15, 0.2) is 14.3 Å². The molecule has 1 fully saturated rings. The minimum atomic E-state index is 0.115. The number of alkyl halides is 1. The number of carbonyl (C=O) groups is 1. The van der Waals surface area contributed by atoms with Crippen LogP contribution in [0.5, 0.6) is 0 Å². The van der Waals surface area contributed by atoms with Crippen molar-refractivity contribution < 1.29 is 4.79 Å². The molecule has 1 atom stereocenters. The lowest BCUT2D eigenvalue weighted by atomic mass is 10.2. The minimum absolute atomic E-state index is 0.115. The van der Waals surface area contributed by atoms with Gasteiger partial charge in [0.25, 0.3) is 5.91 Å². The summed E-state index contributed by atoms with van der Waals surface area (Å²) in [6.45, 7) is 1.61. The summed E-state index contributed by atoms with van der Waals surface area (Å²) in [4.78, 5) is 14.8. The number of hydrogen-bond donors (Lipinski definition) is 0. The molecule has 0 aromatic carbocycles. The number of hydrogen-bond acceptors (Lipinski definition) is 2. The van der Waals surface area contributed by atoms with Gasteiger partial charge in [0.2, 0.25) is 0 Å². The van der Waals surface area contributed by atoms with E-state index < -0.39 is 0 Å². The molecule has 1 saturated heterocycles. The largest absolute Gasteiger partial charge is 0.338 e. The Morgan fingerprint density at radius 3 is 2.88 bits per heavy atom. The molecule has 2 nitrogen and oxygen atoms in total. The van der Waals surface area contributed by atoms with E-state index in [9.17, 15) is 4.79 Å². The van der Waals surface area contributed by atoms with Gasteiger partial charge in [-0.3, -0.25) is 4.79 Å². The van der Waals surface area contributed by atoms with E-state index >= 15 is 0 Å². The summed E-state index contributed by atoms with van der Waals surface area (Å²) in [7, 11) is 0. The van der Waals surface area contributed by atoms with Gasteiger partial charge in [0.05, 0.1) is 8.66 Å². The Labute approximate surface area is 120 Å². The van der Waals surface area contributed by atoms with Crippen LogP contribution in [-0.2, 0) is 0 Å². The molecule has 16 heavy (non-hydrogen) atoms. The molecule has 2 rings (SSSR count). The van der Waals surface area contributed by atoms with Crippen molar-refractivity contribution in [3.05, 3.63) is 19.2 Å². The molecule has 1 aliphatic heterocycles. The second-order valence-electron chi connectivity index (χ2n) is 3.79. The lowest BCUT2D eigenvalue weighted by Crippen LogP contribution is -2.28. The molecule has 6 heteroatoms. The molecule has 0 bridgehead atoms. The molecule has 1 unspecified atom stereocenters. The Morgan fingerprint density at radius 2 is 2.38 bits per heavy atom. The summed E-state index contributed by atoms with van der Waals surface area (Å²) in [5, 5.41) is 0. The highest BCUT2D eigenvalue weighted by Gasteiger charge is 2.27. The highest BCUT2D eigenvalue weighted by atomic mass is 79.9. The van der Waals surface area contributed by atoms with Crippen molar-refractivity contribution in [1.82, 2.24) is 4.90 Å². The molecule has 1 aliphatic rings. The van der Waals surface area contributed by atoms with E-state index in [0.29, 0.717) is 11.8 Å². The van der Waals surface area contributed by atoms with Crippen molar-refractivity contribution in [3.63, 3.8) is 0 Å². The van der Waals surface area contributed by atoms with Gasteiger partial charge in [-0.1, -0.05) is 0 Å². The minimum Gasteiger partial charge on any atom is -0.338 e. The molecule has 1 aromatic heterocycles. The molecular formula is C10H10Br2ClNOS. The zero-order chi connectivity index (χ0) is 11.7. The Hall–Kier alpha value is 0.420. The molecule has 2 heterocycles. The van der Waals surface area contributed by atoms with Crippen LogP contribution in [-0.4, -0.2) is 29.8 Å². The van der Waals surface area contributed by atoms with E-state index in [1.165, 1.54) is 11.3 Å². The van der Waals surface area contributed by atoms with Gasteiger partial charge in [-0.2, -0.15) is 0 Å². The zero-order valence-electron chi connectivity index (χ0n) is 8.38. The maximum atomic E-state index is 12.1. The van der Waals surface area contributed by atoms with Crippen molar-refractivity contribution in [1.29, 1.82) is 0 Å². The zero-order valence-corrected chi connectivity index (χ0v) is 13.1. The summed E-state index contributed by atoms with van der Waals surface area (Å²) in [5.41, 5.74) is 0. The van der Waals surface area contributed by atoms with Crippen molar-refractivity contribution >= 4 is 60.7 Å². The van der Waals surface area contributed by atoms with E-state index in [1.807, 2.05) is 11.0 Å². The van der Waals surface area contributed by atoms with Crippen molar-refractivity contribution in [2.24, 2.45) is 5.92 Å². The standard InChI is InChI=1S/C10H10Br2ClNOS/c11-7-3-8(16-9(7)12)10(15)14-2-1-6(4-13)5-14/h3,6H,1-2,4-5H2. The van der Waals surface area contributed by atoms with E-state index in [-0.39, 0.29) is 5.91 Å². The fraction of sp³-hybridized carbons (Fsp3) is 0.500. The van der Waals surface area contributed by atoms with E-state index in [0.717, 1.165) is 32.6 Å². The smallest absolute Gasteiger partial charge is 0.264 e. The molecule has 1 amide bonds. The summed E-state index contributed by atoms with van der Waals surface area (Å²) in [5.74, 6) is 1.21. The number of rotatable bonds is 2. The Balaban J connectivity index is 2.08. The Kier molecular flexibility index (Phi) is 4.32. The quantitative estimate of drug-likeness (QED) is 0.703. The van der Waals surface area contributed by atoms with E-state index in [4.69, 9.17) is 11.6 Å². The first-order valence-electron chi connectivity index (χ1n) is 4.92. The van der Waals surface area contributed by atoms with Crippen molar-refractivity contribution in [2.45, 2.75) is 6.42 Å². The second-order valence-corrected chi connectivity index (χ2v) is 7.33. The van der Waals surface area contributed by atoms with Gasteiger partial charge in [0.15, 0.2) is 0 Å². The fourth-order valence-corrected chi connectivity index (χ4v) is 4.01. The van der Waals surface area contributed by atoms with E-state index in [1.54, 1.807) is 0 Å². The second kappa shape index (κ2) is 5.38. The SMILES string of the molecule is O=C(c1cc(Br)c(Br)s1)N1CCC(CCl)C1. The summed E-state index contributed by atoms with van der Waals surface area (Å²) in [6.07, 6.45) is 1.02. The Bertz CT molecular complexity index is 390. The van der Waals surface area contributed by atoms with Crippen LogP contribution in [0.3, 0.4) is 0 Å². The number of halogens is 3. The number of likely N-dealkylation sites (tertiary alicyclic amines) is 1. The lowest BCUT2D eigenvalue weighted by molar-refractivity contribution is 0.0793. The van der Waals surface area contributed by atoms with Crippen LogP contribution in [0.4, 0.5) is 0 Å². The maximum absolute atomic E-state index is 12.1. The van der Waals surface area contributed by atoms with Gasteiger partial charge in [-0.05, 0) is 50.3 Å². The van der Waals surface area contributed by atoms with Crippen LogP contribution in [0.2, 0.25) is 0 Å². The molecular weight excluding hydrogens is 377 g/mol. The number of thiophene rings is 1. The molecule has 0 radical (unpaired) electrons. The van der Waals surface area contributed by atoms with Crippen molar-refractivity contribution in [2.75, 3.05) is 19.0 Å².